The first-order valence-corrected chi connectivity index (χ1v) is 5.92. The van der Waals surface area contributed by atoms with Crippen LogP contribution in [-0.4, -0.2) is 17.1 Å². The molecule has 0 fully saturated rings. The van der Waals surface area contributed by atoms with Crippen molar-refractivity contribution in [2.24, 2.45) is 0 Å². The highest BCUT2D eigenvalue weighted by atomic mass is 16.3. The lowest BCUT2D eigenvalue weighted by atomic mass is 10.0. The van der Waals surface area contributed by atoms with Crippen LogP contribution in [0.3, 0.4) is 0 Å². The van der Waals surface area contributed by atoms with Gasteiger partial charge in [-0.25, -0.2) is 0 Å². The molecule has 3 heteroatoms. The van der Waals surface area contributed by atoms with Crippen molar-refractivity contribution in [1.29, 1.82) is 0 Å². The van der Waals surface area contributed by atoms with Gasteiger partial charge in [-0.3, -0.25) is 4.79 Å². The van der Waals surface area contributed by atoms with Crippen LogP contribution >= 0.6 is 0 Å². The number of hydrogen-bond acceptors (Lipinski definition) is 2. The van der Waals surface area contributed by atoms with Gasteiger partial charge in [-0.05, 0) is 49.9 Å². The van der Waals surface area contributed by atoms with Crippen LogP contribution < -0.4 is 5.32 Å². The van der Waals surface area contributed by atoms with E-state index in [-0.39, 0.29) is 17.7 Å². The summed E-state index contributed by atoms with van der Waals surface area (Å²) >= 11 is 0. The molecule has 0 saturated heterocycles. The molecule has 1 aliphatic rings. The van der Waals surface area contributed by atoms with Gasteiger partial charge in [0.05, 0.1) is 0 Å². The Morgan fingerprint density at radius 2 is 2.24 bits per heavy atom. The molecule has 1 amide bonds. The van der Waals surface area contributed by atoms with Crippen molar-refractivity contribution >= 4 is 5.91 Å². The van der Waals surface area contributed by atoms with Gasteiger partial charge in [0.1, 0.15) is 5.75 Å². The predicted octanol–water partition coefficient (Wildman–Crippen LogP) is 2.54. The van der Waals surface area contributed by atoms with Crippen LogP contribution in [0, 0.1) is 6.92 Å². The molecule has 1 atom stereocenters. The average molecular weight is 231 g/mol. The highest BCUT2D eigenvalue weighted by Gasteiger charge is 2.15. The summed E-state index contributed by atoms with van der Waals surface area (Å²) in [6.07, 6.45) is 7.19. The summed E-state index contributed by atoms with van der Waals surface area (Å²) in [6.45, 7) is 1.83. The number of aromatic hydroxyl groups is 1. The highest BCUT2D eigenvalue weighted by Crippen LogP contribution is 2.17. The smallest absolute Gasteiger partial charge is 0.251 e. The Hall–Kier alpha value is -1.77. The number of hydrogen-bond donors (Lipinski definition) is 2. The molecule has 3 nitrogen and oxygen atoms in total. The Kier molecular flexibility index (Phi) is 3.47. The van der Waals surface area contributed by atoms with E-state index in [2.05, 4.69) is 17.5 Å². The molecule has 2 N–H and O–H groups in total. The van der Waals surface area contributed by atoms with Gasteiger partial charge in [-0.1, -0.05) is 12.2 Å². The average Bonchev–Trinajstić information content (AvgIpc) is 2.30. The topological polar surface area (TPSA) is 49.3 Å². The maximum atomic E-state index is 12.0. The number of carbonyl (C=O) groups excluding carboxylic acids is 1. The van der Waals surface area contributed by atoms with Gasteiger partial charge in [0, 0.05) is 11.6 Å². The zero-order valence-electron chi connectivity index (χ0n) is 9.94. The minimum absolute atomic E-state index is 0.0530. The fraction of sp³-hybridized carbons (Fsp3) is 0.357. The van der Waals surface area contributed by atoms with Crippen molar-refractivity contribution in [3.8, 4) is 5.75 Å². The van der Waals surface area contributed by atoms with E-state index in [9.17, 15) is 9.90 Å². The molecule has 1 aliphatic carbocycles. The summed E-state index contributed by atoms with van der Waals surface area (Å²) in [5, 5.41) is 12.3. The lowest BCUT2D eigenvalue weighted by Gasteiger charge is -2.19. The van der Waals surface area contributed by atoms with E-state index < -0.39 is 0 Å². The second-order valence-corrected chi connectivity index (χ2v) is 4.45. The third kappa shape index (κ3) is 2.87. The number of rotatable bonds is 2. The number of phenolic OH excluding ortho intramolecular Hbond substituents is 1. The van der Waals surface area contributed by atoms with Crippen molar-refractivity contribution < 1.29 is 9.90 Å². The molecular formula is C14H17NO2. The van der Waals surface area contributed by atoms with Crippen molar-refractivity contribution in [2.45, 2.75) is 32.2 Å². The normalized spacial score (nSPS) is 19.0. The molecule has 0 saturated carbocycles. The number of nitrogens with one attached hydrogen (secondary N) is 1. The Morgan fingerprint density at radius 1 is 1.41 bits per heavy atom. The molecule has 17 heavy (non-hydrogen) atoms. The summed E-state index contributed by atoms with van der Waals surface area (Å²) < 4.78 is 0. The van der Waals surface area contributed by atoms with E-state index in [1.807, 2.05) is 6.92 Å². The van der Waals surface area contributed by atoms with E-state index in [4.69, 9.17) is 0 Å². The van der Waals surface area contributed by atoms with E-state index in [1.165, 1.54) is 0 Å². The van der Waals surface area contributed by atoms with E-state index in [1.54, 1.807) is 18.2 Å². The molecule has 0 heterocycles. The van der Waals surface area contributed by atoms with E-state index >= 15 is 0 Å². The molecule has 0 bridgehead atoms. The van der Waals surface area contributed by atoms with Crippen molar-refractivity contribution in [1.82, 2.24) is 5.32 Å². The third-order valence-corrected chi connectivity index (χ3v) is 3.06. The Morgan fingerprint density at radius 3 is 2.88 bits per heavy atom. The molecule has 0 radical (unpaired) electrons. The van der Waals surface area contributed by atoms with Crippen LogP contribution in [0.4, 0.5) is 0 Å². The van der Waals surface area contributed by atoms with Gasteiger partial charge < -0.3 is 10.4 Å². The number of allylic oxidation sites excluding steroid dienone is 1. The van der Waals surface area contributed by atoms with Crippen LogP contribution in [-0.2, 0) is 0 Å². The molecule has 1 aromatic rings. The quantitative estimate of drug-likeness (QED) is 0.768. The van der Waals surface area contributed by atoms with Crippen LogP contribution in [0.2, 0.25) is 0 Å². The molecule has 0 spiro atoms. The second kappa shape index (κ2) is 5.04. The van der Waals surface area contributed by atoms with Crippen LogP contribution in [0.5, 0.6) is 5.75 Å². The molecule has 1 aromatic carbocycles. The van der Waals surface area contributed by atoms with Crippen LogP contribution in [0.1, 0.15) is 35.2 Å². The second-order valence-electron chi connectivity index (χ2n) is 4.45. The molecule has 0 aromatic heterocycles. The van der Waals surface area contributed by atoms with Crippen molar-refractivity contribution in [3.05, 3.63) is 41.5 Å². The maximum Gasteiger partial charge on any atom is 0.251 e. The maximum absolute atomic E-state index is 12.0. The van der Waals surface area contributed by atoms with Gasteiger partial charge in [0.25, 0.3) is 5.91 Å². The molecule has 2 rings (SSSR count). The SMILES string of the molecule is Cc1cc(O)ccc1C(=O)NC1CC=CCC1. The van der Waals surface area contributed by atoms with Gasteiger partial charge in [0.2, 0.25) is 0 Å². The Labute approximate surface area is 101 Å². The lowest BCUT2D eigenvalue weighted by Crippen LogP contribution is -2.35. The summed E-state index contributed by atoms with van der Waals surface area (Å²) in [5.41, 5.74) is 1.44. The third-order valence-electron chi connectivity index (χ3n) is 3.06. The van der Waals surface area contributed by atoms with E-state index in [0.29, 0.717) is 5.56 Å². The number of aryl methyl sites for hydroxylation is 1. The number of amides is 1. The first kappa shape index (κ1) is 11.7. The zero-order chi connectivity index (χ0) is 12.3. The number of phenols is 1. The largest absolute Gasteiger partial charge is 0.508 e. The summed E-state index contributed by atoms with van der Waals surface area (Å²) in [6, 6.07) is 5.05. The summed E-state index contributed by atoms with van der Waals surface area (Å²) in [5.74, 6) is 0.141. The first-order valence-electron chi connectivity index (χ1n) is 5.92. The van der Waals surface area contributed by atoms with E-state index in [0.717, 1.165) is 24.8 Å². The predicted molar refractivity (Wildman–Crippen MR) is 67.1 cm³/mol. The minimum atomic E-state index is -0.0530. The number of carbonyl (C=O) groups is 1. The van der Waals surface area contributed by atoms with Crippen LogP contribution in [0.25, 0.3) is 0 Å². The Balaban J connectivity index is 2.06. The van der Waals surface area contributed by atoms with Gasteiger partial charge in [-0.2, -0.15) is 0 Å². The fourth-order valence-electron chi connectivity index (χ4n) is 2.09. The summed E-state index contributed by atoms with van der Waals surface area (Å²) in [4.78, 5) is 12.0. The summed E-state index contributed by atoms with van der Waals surface area (Å²) in [7, 11) is 0. The lowest BCUT2D eigenvalue weighted by molar-refractivity contribution is 0.0934. The number of benzene rings is 1. The highest BCUT2D eigenvalue weighted by molar-refractivity contribution is 5.96. The fourth-order valence-corrected chi connectivity index (χ4v) is 2.09. The van der Waals surface area contributed by atoms with Crippen molar-refractivity contribution in [2.75, 3.05) is 0 Å². The standard InChI is InChI=1S/C14H17NO2/c1-10-9-12(16)7-8-13(10)14(17)15-11-5-3-2-4-6-11/h2-3,7-9,11,16H,4-6H2,1H3,(H,15,17). The molecule has 0 aliphatic heterocycles. The molecular weight excluding hydrogens is 214 g/mol. The molecule has 90 valence electrons. The van der Waals surface area contributed by atoms with Gasteiger partial charge in [-0.15, -0.1) is 0 Å². The zero-order valence-corrected chi connectivity index (χ0v) is 9.94. The van der Waals surface area contributed by atoms with Gasteiger partial charge in [0.15, 0.2) is 0 Å². The minimum Gasteiger partial charge on any atom is -0.508 e. The van der Waals surface area contributed by atoms with Crippen molar-refractivity contribution in [3.63, 3.8) is 0 Å². The monoisotopic (exact) mass is 231 g/mol. The van der Waals surface area contributed by atoms with Crippen LogP contribution in [0.15, 0.2) is 30.4 Å². The van der Waals surface area contributed by atoms with Gasteiger partial charge >= 0.3 is 0 Å². The Bertz CT molecular complexity index is 452. The molecule has 1 unspecified atom stereocenters. The first-order chi connectivity index (χ1) is 8.16.